The van der Waals surface area contributed by atoms with Gasteiger partial charge in [-0.1, -0.05) is 26.2 Å². The van der Waals surface area contributed by atoms with Gasteiger partial charge in [0.2, 0.25) is 0 Å². The lowest BCUT2D eigenvalue weighted by Crippen LogP contribution is -1.97. The molecule has 0 aliphatic heterocycles. The van der Waals surface area contributed by atoms with Crippen LogP contribution in [0.2, 0.25) is 0 Å². The summed E-state index contributed by atoms with van der Waals surface area (Å²) in [5.74, 6) is 0. The van der Waals surface area contributed by atoms with Crippen LogP contribution in [-0.2, 0) is 9.13 Å². The van der Waals surface area contributed by atoms with E-state index < -0.39 is 15.8 Å². The monoisotopic (exact) mass is 301 g/mol. The summed E-state index contributed by atoms with van der Waals surface area (Å²) in [7, 11) is -10.3. The van der Waals surface area contributed by atoms with Crippen LogP contribution >= 0.6 is 15.8 Å². The van der Waals surface area contributed by atoms with Crippen LogP contribution in [0.25, 0.3) is 0 Å². The van der Waals surface area contributed by atoms with Crippen LogP contribution in [-0.4, -0.2) is 26.1 Å². The Bertz CT molecular complexity index is 202. The quantitative estimate of drug-likeness (QED) is 0.392. The third kappa shape index (κ3) is 189. The predicted octanol–water partition coefficient (Wildman–Crippen LogP) is 1.62. The molecule has 0 heterocycles. The Balaban J connectivity index is -0.000000177. The molecule has 0 atom stereocenters. The van der Waals surface area contributed by atoms with Gasteiger partial charge in [0.05, 0.1) is 0 Å². The van der Waals surface area contributed by atoms with Crippen LogP contribution in [0.4, 0.5) is 8.39 Å². The average molecular weight is 301 g/mol. The van der Waals surface area contributed by atoms with Crippen molar-refractivity contribution in [3.8, 4) is 0 Å². The van der Waals surface area contributed by atoms with Gasteiger partial charge in [-0.25, -0.2) is 9.13 Å². The molecule has 0 amide bonds. The smallest absolute Gasteiger partial charge is 0.330 e. The molecule has 0 spiro atoms. The van der Waals surface area contributed by atoms with Crippen LogP contribution < -0.4 is 5.73 Å². The van der Waals surface area contributed by atoms with Crippen LogP contribution in [0, 0.1) is 0 Å². The van der Waals surface area contributed by atoms with E-state index in [-0.39, 0.29) is 0 Å². The van der Waals surface area contributed by atoms with Gasteiger partial charge in [0.1, 0.15) is 0 Å². The third-order valence-electron chi connectivity index (χ3n) is 1.06. The molecule has 0 aromatic heterocycles. The van der Waals surface area contributed by atoms with E-state index in [1.54, 1.807) is 0 Å². The molecule has 0 aliphatic rings. The molecule has 6 N–H and O–H groups in total. The van der Waals surface area contributed by atoms with Crippen molar-refractivity contribution in [1.29, 1.82) is 0 Å². The van der Waals surface area contributed by atoms with E-state index in [9.17, 15) is 8.39 Å². The van der Waals surface area contributed by atoms with Gasteiger partial charge < -0.3 is 5.73 Å². The second-order valence-electron chi connectivity index (χ2n) is 2.80. The zero-order chi connectivity index (χ0) is 14.5. The first-order valence-electron chi connectivity index (χ1n) is 4.62. The molecule has 0 rings (SSSR count). The zero-order valence-electron chi connectivity index (χ0n) is 9.37. The zero-order valence-corrected chi connectivity index (χ0v) is 11.2. The summed E-state index contributed by atoms with van der Waals surface area (Å²) < 4.78 is 38.0. The summed E-state index contributed by atoms with van der Waals surface area (Å²) >= 11 is 0. The minimum absolute atomic E-state index is 0.861. The molecule has 0 bridgehead atoms. The second kappa shape index (κ2) is 12.6. The van der Waals surface area contributed by atoms with Crippen LogP contribution in [0.15, 0.2) is 0 Å². The highest BCUT2D eigenvalue weighted by Crippen LogP contribution is 2.35. The average Bonchev–Trinajstić information content (AvgIpc) is 1.99. The van der Waals surface area contributed by atoms with Gasteiger partial charge in [0.25, 0.3) is 0 Å². The molecule has 0 unspecified atom stereocenters. The summed E-state index contributed by atoms with van der Waals surface area (Å²) in [5, 5.41) is 0. The van der Waals surface area contributed by atoms with Gasteiger partial charge in [0.15, 0.2) is 0 Å². The van der Waals surface area contributed by atoms with Crippen molar-refractivity contribution in [2.45, 2.75) is 32.6 Å². The Morgan fingerprint density at radius 1 is 0.941 bits per heavy atom. The van der Waals surface area contributed by atoms with Crippen molar-refractivity contribution >= 4 is 15.8 Å². The van der Waals surface area contributed by atoms with E-state index in [2.05, 4.69) is 6.92 Å². The molecule has 0 aliphatic carbocycles. The lowest BCUT2D eigenvalue weighted by atomic mass is 10.2. The number of halogens is 2. The minimum Gasteiger partial charge on any atom is -0.330 e. The molecule has 0 saturated heterocycles. The van der Waals surface area contributed by atoms with Gasteiger partial charge in [-0.3, -0.25) is 19.6 Å². The highest BCUT2D eigenvalue weighted by molar-refractivity contribution is 7.46. The first-order chi connectivity index (χ1) is 7.41. The maximum absolute atomic E-state index is 10.4. The van der Waals surface area contributed by atoms with E-state index in [0.717, 1.165) is 6.54 Å². The standard InChI is InChI=1S/C6H15N.2FH2O3P/c1-2-3-4-5-6-7;2*1-5(2,3)4/h2-7H2,1H3;2*(H2,2,3,4). The maximum atomic E-state index is 10.4. The SMILES string of the molecule is CCCCCCN.O=P(O)(O)F.O=P(O)(O)F. The van der Waals surface area contributed by atoms with Crippen molar-refractivity contribution < 1.29 is 37.1 Å². The summed E-state index contributed by atoms with van der Waals surface area (Å²) in [5.41, 5.74) is 5.27. The highest BCUT2D eigenvalue weighted by Gasteiger charge is 2.05. The Morgan fingerprint density at radius 2 is 1.24 bits per heavy atom. The topological polar surface area (TPSA) is 141 Å². The molecule has 0 aromatic carbocycles. The van der Waals surface area contributed by atoms with Gasteiger partial charge in [-0.2, -0.15) is 0 Å². The summed E-state index contributed by atoms with van der Waals surface area (Å²) in [6.45, 7) is 3.07. The van der Waals surface area contributed by atoms with Crippen molar-refractivity contribution in [1.82, 2.24) is 0 Å². The van der Waals surface area contributed by atoms with E-state index in [4.69, 9.17) is 34.4 Å². The first-order valence-corrected chi connectivity index (χ1v) is 7.62. The summed E-state index contributed by atoms with van der Waals surface area (Å²) in [6.07, 6.45) is 5.16. The largest absolute Gasteiger partial charge is 0.507 e. The molecule has 0 fully saturated rings. The van der Waals surface area contributed by atoms with Gasteiger partial charge in [-0.05, 0) is 13.0 Å². The molecule has 0 saturated carbocycles. The van der Waals surface area contributed by atoms with Crippen LogP contribution in [0.1, 0.15) is 32.6 Å². The Hall–Kier alpha value is 0.120. The van der Waals surface area contributed by atoms with Crippen molar-refractivity contribution in [3.05, 3.63) is 0 Å². The number of hydrogen-bond acceptors (Lipinski definition) is 3. The first kappa shape index (κ1) is 22.3. The second-order valence-corrected chi connectivity index (χ2v) is 4.69. The molecular formula is C6H19F2NO6P2. The number of nitrogens with two attached hydrogens (primary N) is 1. The van der Waals surface area contributed by atoms with Crippen molar-refractivity contribution in [2.75, 3.05) is 6.54 Å². The minimum atomic E-state index is -5.14. The van der Waals surface area contributed by atoms with Gasteiger partial charge in [-0.15, -0.1) is 8.39 Å². The van der Waals surface area contributed by atoms with Crippen molar-refractivity contribution in [2.24, 2.45) is 5.73 Å². The van der Waals surface area contributed by atoms with E-state index >= 15 is 0 Å². The number of hydrogen-bond donors (Lipinski definition) is 5. The van der Waals surface area contributed by atoms with Gasteiger partial charge >= 0.3 is 15.8 Å². The third-order valence-corrected chi connectivity index (χ3v) is 1.06. The van der Waals surface area contributed by atoms with Gasteiger partial charge in [0, 0.05) is 0 Å². The van der Waals surface area contributed by atoms with Crippen LogP contribution in [0.5, 0.6) is 0 Å². The molecule has 108 valence electrons. The Labute approximate surface area is 98.6 Å². The van der Waals surface area contributed by atoms with E-state index in [1.165, 1.54) is 25.7 Å². The normalized spacial score (nSPS) is 10.8. The maximum Gasteiger partial charge on any atom is 0.507 e. The summed E-state index contributed by atoms with van der Waals surface area (Å²) in [6, 6.07) is 0. The van der Waals surface area contributed by atoms with Crippen molar-refractivity contribution in [3.63, 3.8) is 0 Å². The summed E-state index contributed by atoms with van der Waals surface area (Å²) in [4.78, 5) is 27.9. The predicted molar refractivity (Wildman–Crippen MR) is 59.5 cm³/mol. The number of unbranched alkanes of at least 4 members (excludes halogenated alkanes) is 3. The molecular weight excluding hydrogens is 282 g/mol. The van der Waals surface area contributed by atoms with Crippen LogP contribution in [0.3, 0.4) is 0 Å². The molecule has 11 heteroatoms. The molecule has 17 heavy (non-hydrogen) atoms. The lowest BCUT2D eigenvalue weighted by molar-refractivity contribution is 0.320. The fourth-order valence-electron chi connectivity index (χ4n) is 0.571. The highest BCUT2D eigenvalue weighted by atomic mass is 31.2. The lowest BCUT2D eigenvalue weighted by Gasteiger charge is -1.90. The fraction of sp³-hybridized carbons (Fsp3) is 1.00. The Morgan fingerprint density at radius 3 is 1.41 bits per heavy atom. The van der Waals surface area contributed by atoms with E-state index in [1.807, 2.05) is 0 Å². The molecule has 0 radical (unpaired) electrons. The molecule has 0 aromatic rings. The number of rotatable bonds is 4. The fourth-order valence-corrected chi connectivity index (χ4v) is 0.571. The molecule has 7 nitrogen and oxygen atoms in total. The Kier molecular flexibility index (Phi) is 16.5. The van der Waals surface area contributed by atoms with E-state index in [0.29, 0.717) is 0 Å².